The molecular weight excluding hydrogens is 400 g/mol. The molecule has 158 valence electrons. The highest BCUT2D eigenvalue weighted by Crippen LogP contribution is 2.29. The van der Waals surface area contributed by atoms with Crippen molar-refractivity contribution < 1.29 is 13.2 Å². The zero-order valence-electron chi connectivity index (χ0n) is 16.8. The highest BCUT2D eigenvalue weighted by Gasteiger charge is 2.29. The van der Waals surface area contributed by atoms with Crippen LogP contribution < -0.4 is 10.2 Å². The minimum Gasteiger partial charge on any atom is -0.371 e. The number of anilines is 1. The van der Waals surface area contributed by atoms with Gasteiger partial charge in [0.1, 0.15) is 0 Å². The molecule has 2 aliphatic rings. The zero-order valence-corrected chi connectivity index (χ0v) is 18.5. The molecule has 0 saturated carbocycles. The summed E-state index contributed by atoms with van der Waals surface area (Å²) in [4.78, 5) is 17.5. The van der Waals surface area contributed by atoms with E-state index in [0.29, 0.717) is 24.7 Å². The van der Waals surface area contributed by atoms with Crippen LogP contribution >= 0.6 is 12.4 Å². The van der Waals surface area contributed by atoms with E-state index in [4.69, 9.17) is 0 Å². The fraction of sp³-hybridized carbons (Fsp3) is 0.632. The predicted octanol–water partition coefficient (Wildman–Crippen LogP) is 1.78. The molecule has 0 aliphatic carbocycles. The van der Waals surface area contributed by atoms with Gasteiger partial charge in [-0.3, -0.25) is 4.79 Å². The second-order valence-corrected chi connectivity index (χ2v) is 9.67. The lowest BCUT2D eigenvalue weighted by Gasteiger charge is -2.33. The van der Waals surface area contributed by atoms with Gasteiger partial charge < -0.3 is 15.1 Å². The van der Waals surface area contributed by atoms with E-state index in [1.807, 2.05) is 11.9 Å². The largest absolute Gasteiger partial charge is 0.371 e. The first-order valence-electron chi connectivity index (χ1n) is 9.62. The Morgan fingerprint density at radius 1 is 1.11 bits per heavy atom. The van der Waals surface area contributed by atoms with Crippen LogP contribution in [0.15, 0.2) is 23.1 Å². The smallest absolute Gasteiger partial charge is 0.256 e. The van der Waals surface area contributed by atoms with Crippen LogP contribution in [0.3, 0.4) is 0 Å². The first-order chi connectivity index (χ1) is 12.8. The summed E-state index contributed by atoms with van der Waals surface area (Å²) in [5.74, 6) is -0.0674. The molecular formula is C19H31ClN4O3S. The lowest BCUT2D eigenvalue weighted by molar-refractivity contribution is 0.0707. The van der Waals surface area contributed by atoms with Gasteiger partial charge in [0.25, 0.3) is 5.91 Å². The van der Waals surface area contributed by atoms with Gasteiger partial charge in [0.05, 0.1) is 10.5 Å². The van der Waals surface area contributed by atoms with Crippen LogP contribution in [0.1, 0.15) is 36.0 Å². The van der Waals surface area contributed by atoms with Gasteiger partial charge in [0.2, 0.25) is 10.0 Å². The normalized spacial score (nSPS) is 18.4. The second kappa shape index (κ2) is 9.43. The van der Waals surface area contributed by atoms with E-state index in [9.17, 15) is 13.2 Å². The van der Waals surface area contributed by atoms with Crippen LogP contribution in [0.4, 0.5) is 5.69 Å². The highest BCUT2D eigenvalue weighted by atomic mass is 35.5. The monoisotopic (exact) mass is 430 g/mol. The van der Waals surface area contributed by atoms with Crippen molar-refractivity contribution in [3.63, 3.8) is 0 Å². The Labute approximate surface area is 174 Å². The van der Waals surface area contributed by atoms with Crippen molar-refractivity contribution >= 4 is 34.0 Å². The van der Waals surface area contributed by atoms with E-state index in [0.717, 1.165) is 44.5 Å². The standard InChI is InChI=1S/C19H30N4O3S.ClH/c1-20-15-8-12-23(13-9-15)19(24)17-14-16(27(25,26)21(2)3)6-7-18(17)22-10-4-5-11-22;/h6-7,14-15,20H,4-5,8-13H2,1-3H3;1H. The fourth-order valence-electron chi connectivity index (χ4n) is 3.83. The molecule has 1 aromatic rings. The van der Waals surface area contributed by atoms with Crippen molar-refractivity contribution in [3.8, 4) is 0 Å². The summed E-state index contributed by atoms with van der Waals surface area (Å²) in [5.41, 5.74) is 1.36. The van der Waals surface area contributed by atoms with Crippen molar-refractivity contribution in [3.05, 3.63) is 23.8 Å². The van der Waals surface area contributed by atoms with Gasteiger partial charge in [0, 0.05) is 52.0 Å². The third-order valence-corrected chi connectivity index (χ3v) is 7.43. The molecule has 1 N–H and O–H groups in total. The quantitative estimate of drug-likeness (QED) is 0.770. The molecule has 0 radical (unpaired) electrons. The maximum absolute atomic E-state index is 13.3. The van der Waals surface area contributed by atoms with Gasteiger partial charge in [-0.05, 0) is 50.9 Å². The Balaban J connectivity index is 0.00000280. The minimum atomic E-state index is -3.58. The van der Waals surface area contributed by atoms with Crippen LogP contribution in [0.5, 0.6) is 0 Å². The van der Waals surface area contributed by atoms with E-state index < -0.39 is 10.0 Å². The Morgan fingerprint density at radius 3 is 2.25 bits per heavy atom. The lowest BCUT2D eigenvalue weighted by atomic mass is 10.0. The molecule has 0 bridgehead atoms. The number of nitrogens with zero attached hydrogens (tertiary/aromatic N) is 3. The lowest BCUT2D eigenvalue weighted by Crippen LogP contribution is -2.44. The minimum absolute atomic E-state index is 0. The molecule has 2 fully saturated rings. The average Bonchev–Trinajstić information content (AvgIpc) is 3.21. The van der Waals surface area contributed by atoms with Gasteiger partial charge in [-0.25, -0.2) is 12.7 Å². The summed E-state index contributed by atoms with van der Waals surface area (Å²) in [6, 6.07) is 5.42. The Hall–Kier alpha value is -1.35. The summed E-state index contributed by atoms with van der Waals surface area (Å²) < 4.78 is 26.3. The summed E-state index contributed by atoms with van der Waals surface area (Å²) in [6.45, 7) is 3.19. The SMILES string of the molecule is CNC1CCN(C(=O)c2cc(S(=O)(=O)N(C)C)ccc2N2CCCC2)CC1.Cl. The van der Waals surface area contributed by atoms with Crippen molar-refractivity contribution in [1.29, 1.82) is 0 Å². The number of halogens is 1. The van der Waals surface area contributed by atoms with E-state index in [-0.39, 0.29) is 23.2 Å². The van der Waals surface area contributed by atoms with Crippen LogP contribution in [0.2, 0.25) is 0 Å². The molecule has 2 saturated heterocycles. The molecule has 0 aromatic heterocycles. The third-order valence-electron chi connectivity index (χ3n) is 5.61. The van der Waals surface area contributed by atoms with E-state index in [1.165, 1.54) is 18.4 Å². The summed E-state index contributed by atoms with van der Waals surface area (Å²) in [5, 5.41) is 3.27. The Kier molecular flexibility index (Phi) is 7.73. The maximum atomic E-state index is 13.3. The molecule has 2 aliphatic heterocycles. The molecule has 1 aromatic carbocycles. The molecule has 2 heterocycles. The molecule has 3 rings (SSSR count). The molecule has 0 unspecified atom stereocenters. The fourth-order valence-corrected chi connectivity index (χ4v) is 4.76. The number of rotatable bonds is 5. The second-order valence-electron chi connectivity index (χ2n) is 7.52. The number of hydrogen-bond acceptors (Lipinski definition) is 5. The van der Waals surface area contributed by atoms with E-state index >= 15 is 0 Å². The number of carbonyl (C=O) groups excluding carboxylic acids is 1. The average molecular weight is 431 g/mol. The number of sulfonamides is 1. The van der Waals surface area contributed by atoms with Crippen molar-refractivity contribution in [2.75, 3.05) is 52.2 Å². The molecule has 7 nitrogen and oxygen atoms in total. The molecule has 1 amide bonds. The zero-order chi connectivity index (χ0) is 19.6. The summed E-state index contributed by atoms with van der Waals surface area (Å²) in [6.07, 6.45) is 4.02. The maximum Gasteiger partial charge on any atom is 0.256 e. The van der Waals surface area contributed by atoms with Crippen LogP contribution in [0, 0.1) is 0 Å². The topological polar surface area (TPSA) is 73.0 Å². The summed E-state index contributed by atoms with van der Waals surface area (Å²) in [7, 11) is 1.38. The van der Waals surface area contributed by atoms with E-state index in [2.05, 4.69) is 10.2 Å². The number of amides is 1. The van der Waals surface area contributed by atoms with Crippen molar-refractivity contribution in [2.45, 2.75) is 36.6 Å². The summed E-state index contributed by atoms with van der Waals surface area (Å²) >= 11 is 0. The number of benzene rings is 1. The highest BCUT2D eigenvalue weighted by molar-refractivity contribution is 7.89. The van der Waals surface area contributed by atoms with Gasteiger partial charge in [-0.1, -0.05) is 0 Å². The number of carbonyl (C=O) groups is 1. The predicted molar refractivity (Wildman–Crippen MR) is 114 cm³/mol. The van der Waals surface area contributed by atoms with Crippen LogP contribution in [-0.2, 0) is 10.0 Å². The molecule has 9 heteroatoms. The Morgan fingerprint density at radius 2 is 1.71 bits per heavy atom. The van der Waals surface area contributed by atoms with Gasteiger partial charge in [-0.15, -0.1) is 12.4 Å². The van der Waals surface area contributed by atoms with Crippen LogP contribution in [-0.4, -0.2) is 76.9 Å². The number of hydrogen-bond donors (Lipinski definition) is 1. The van der Waals surface area contributed by atoms with Gasteiger partial charge in [0.15, 0.2) is 0 Å². The van der Waals surface area contributed by atoms with E-state index in [1.54, 1.807) is 18.2 Å². The third kappa shape index (κ3) is 4.62. The number of likely N-dealkylation sites (tertiary alicyclic amines) is 1. The van der Waals surface area contributed by atoms with Crippen LogP contribution in [0.25, 0.3) is 0 Å². The molecule has 0 atom stereocenters. The first kappa shape index (κ1) is 22.9. The molecule has 28 heavy (non-hydrogen) atoms. The number of nitrogens with one attached hydrogen (secondary N) is 1. The van der Waals surface area contributed by atoms with Crippen molar-refractivity contribution in [2.24, 2.45) is 0 Å². The first-order valence-corrected chi connectivity index (χ1v) is 11.1. The molecule has 0 spiro atoms. The Bertz CT molecular complexity index is 786. The van der Waals surface area contributed by atoms with Gasteiger partial charge >= 0.3 is 0 Å². The number of piperidine rings is 1. The van der Waals surface area contributed by atoms with Gasteiger partial charge in [-0.2, -0.15) is 0 Å². The van der Waals surface area contributed by atoms with Crippen molar-refractivity contribution in [1.82, 2.24) is 14.5 Å².